The summed E-state index contributed by atoms with van der Waals surface area (Å²) in [6.07, 6.45) is 11.8. The molecule has 0 aliphatic carbocycles. The van der Waals surface area contributed by atoms with Gasteiger partial charge in [0.15, 0.2) is 11.6 Å². The van der Waals surface area contributed by atoms with Crippen LogP contribution in [0.15, 0.2) is 49.6 Å². The highest BCUT2D eigenvalue weighted by Crippen LogP contribution is 2.33. The number of pyridine rings is 3. The highest BCUT2D eigenvalue weighted by Gasteiger charge is 2.21. The van der Waals surface area contributed by atoms with Crippen LogP contribution in [0.4, 0.5) is 4.39 Å². The van der Waals surface area contributed by atoms with Crippen molar-refractivity contribution in [2.75, 3.05) is 0 Å². The van der Waals surface area contributed by atoms with E-state index in [0.29, 0.717) is 39.0 Å². The standard InChI is InChI=1S/C22H16FN9/c1-11-3-4-24-5-13(11)19-18(23)17-14(7-26-19)30-31-21(17)22-28-15-6-25-8-16(20(15)29-22)32-9-12(2)27-10-32/h3-10H,1-2H3,(H,28,29)(H,30,31). The Labute approximate surface area is 180 Å². The number of hydrogen-bond donors (Lipinski definition) is 2. The number of imidazole rings is 2. The van der Waals surface area contributed by atoms with Crippen LogP contribution in [-0.2, 0) is 0 Å². The van der Waals surface area contributed by atoms with E-state index in [1.54, 1.807) is 37.3 Å². The van der Waals surface area contributed by atoms with E-state index in [4.69, 9.17) is 4.98 Å². The fraction of sp³-hybridized carbons (Fsp3) is 0.0909. The Morgan fingerprint density at radius 1 is 0.969 bits per heavy atom. The molecule has 6 rings (SSSR count). The van der Waals surface area contributed by atoms with Gasteiger partial charge in [-0.2, -0.15) is 5.10 Å². The lowest BCUT2D eigenvalue weighted by atomic mass is 10.1. The van der Waals surface area contributed by atoms with Crippen LogP contribution in [0, 0.1) is 19.7 Å². The molecule has 0 atom stereocenters. The van der Waals surface area contributed by atoms with Crippen molar-refractivity contribution in [2.45, 2.75) is 13.8 Å². The maximum atomic E-state index is 15.7. The van der Waals surface area contributed by atoms with Gasteiger partial charge in [-0.05, 0) is 25.5 Å². The Hall–Kier alpha value is -4.47. The lowest BCUT2D eigenvalue weighted by Crippen LogP contribution is -1.94. The van der Waals surface area contributed by atoms with Crippen LogP contribution in [0.1, 0.15) is 11.3 Å². The second kappa shape index (κ2) is 6.77. The maximum absolute atomic E-state index is 15.7. The highest BCUT2D eigenvalue weighted by atomic mass is 19.1. The summed E-state index contributed by atoms with van der Waals surface area (Å²) in [5, 5.41) is 7.50. The molecule has 0 saturated carbocycles. The van der Waals surface area contributed by atoms with E-state index in [1.165, 1.54) is 0 Å². The molecule has 6 aromatic rings. The van der Waals surface area contributed by atoms with E-state index >= 15 is 4.39 Å². The average molecular weight is 425 g/mol. The Morgan fingerprint density at radius 2 is 1.88 bits per heavy atom. The van der Waals surface area contributed by atoms with Crippen LogP contribution in [0.25, 0.3) is 50.4 Å². The predicted molar refractivity (Wildman–Crippen MR) is 117 cm³/mol. The lowest BCUT2D eigenvalue weighted by molar-refractivity contribution is 0.638. The van der Waals surface area contributed by atoms with Crippen molar-refractivity contribution >= 4 is 21.9 Å². The molecule has 0 unspecified atom stereocenters. The van der Waals surface area contributed by atoms with Crippen LogP contribution in [-0.4, -0.2) is 44.7 Å². The number of fused-ring (bicyclic) bond motifs is 2. The van der Waals surface area contributed by atoms with Gasteiger partial charge in [-0.15, -0.1) is 0 Å². The largest absolute Gasteiger partial charge is 0.335 e. The number of aryl methyl sites for hydroxylation is 2. The molecular formula is C22H16FN9. The number of nitrogens with one attached hydrogen (secondary N) is 2. The van der Waals surface area contributed by atoms with Crippen molar-refractivity contribution in [1.82, 2.24) is 44.7 Å². The summed E-state index contributed by atoms with van der Waals surface area (Å²) in [6.45, 7) is 3.80. The van der Waals surface area contributed by atoms with E-state index in [2.05, 4.69) is 35.1 Å². The first-order chi connectivity index (χ1) is 15.6. The monoisotopic (exact) mass is 425 g/mol. The minimum Gasteiger partial charge on any atom is -0.335 e. The topological polar surface area (TPSA) is 114 Å². The highest BCUT2D eigenvalue weighted by molar-refractivity contribution is 5.96. The molecule has 0 spiro atoms. The average Bonchev–Trinajstić information content (AvgIpc) is 3.52. The molecule has 0 bridgehead atoms. The molecule has 6 aromatic heterocycles. The zero-order valence-electron chi connectivity index (χ0n) is 17.1. The van der Waals surface area contributed by atoms with Gasteiger partial charge in [0, 0.05) is 24.2 Å². The molecule has 156 valence electrons. The second-order valence-electron chi connectivity index (χ2n) is 7.53. The van der Waals surface area contributed by atoms with Crippen LogP contribution in [0.2, 0.25) is 0 Å². The zero-order valence-corrected chi connectivity index (χ0v) is 17.1. The molecular weight excluding hydrogens is 409 g/mol. The van der Waals surface area contributed by atoms with E-state index in [1.807, 2.05) is 30.7 Å². The van der Waals surface area contributed by atoms with E-state index < -0.39 is 5.82 Å². The molecule has 0 aliphatic heterocycles. The molecule has 0 aromatic carbocycles. The fourth-order valence-electron chi connectivity index (χ4n) is 3.82. The first-order valence-electron chi connectivity index (χ1n) is 9.89. The Kier molecular flexibility index (Phi) is 3.88. The predicted octanol–water partition coefficient (Wildman–Crippen LogP) is 3.90. The minimum absolute atomic E-state index is 0.220. The Morgan fingerprint density at radius 3 is 2.69 bits per heavy atom. The van der Waals surface area contributed by atoms with Gasteiger partial charge in [0.25, 0.3) is 0 Å². The van der Waals surface area contributed by atoms with Crippen molar-refractivity contribution in [3.63, 3.8) is 0 Å². The van der Waals surface area contributed by atoms with Gasteiger partial charge in [-0.1, -0.05) is 0 Å². The van der Waals surface area contributed by atoms with E-state index in [-0.39, 0.29) is 5.69 Å². The smallest absolute Gasteiger partial charge is 0.161 e. The molecule has 0 fully saturated rings. The Balaban J connectivity index is 1.56. The molecule has 0 radical (unpaired) electrons. The van der Waals surface area contributed by atoms with Crippen molar-refractivity contribution in [3.05, 3.63) is 66.6 Å². The van der Waals surface area contributed by atoms with Gasteiger partial charge in [-0.25, -0.2) is 14.4 Å². The zero-order chi connectivity index (χ0) is 21.8. The second-order valence-corrected chi connectivity index (χ2v) is 7.53. The van der Waals surface area contributed by atoms with E-state index in [9.17, 15) is 0 Å². The maximum Gasteiger partial charge on any atom is 0.161 e. The summed E-state index contributed by atoms with van der Waals surface area (Å²) in [7, 11) is 0. The van der Waals surface area contributed by atoms with E-state index in [0.717, 1.165) is 16.9 Å². The number of aromatic nitrogens is 9. The van der Waals surface area contributed by atoms with Gasteiger partial charge >= 0.3 is 0 Å². The summed E-state index contributed by atoms with van der Waals surface area (Å²) in [5.74, 6) is -0.0531. The molecule has 0 amide bonds. The van der Waals surface area contributed by atoms with Crippen molar-refractivity contribution < 1.29 is 4.39 Å². The summed E-state index contributed by atoms with van der Waals surface area (Å²) in [6, 6.07) is 1.82. The van der Waals surface area contributed by atoms with Gasteiger partial charge < -0.3 is 9.55 Å². The summed E-state index contributed by atoms with van der Waals surface area (Å²) in [5.41, 5.74) is 5.61. The van der Waals surface area contributed by atoms with Crippen LogP contribution in [0.3, 0.4) is 0 Å². The third-order valence-electron chi connectivity index (χ3n) is 5.43. The fourth-order valence-corrected chi connectivity index (χ4v) is 3.82. The van der Waals surface area contributed by atoms with Crippen molar-refractivity contribution in [1.29, 1.82) is 0 Å². The summed E-state index contributed by atoms with van der Waals surface area (Å²) < 4.78 is 17.6. The first-order valence-corrected chi connectivity index (χ1v) is 9.89. The number of nitrogens with zero attached hydrogens (tertiary/aromatic N) is 7. The van der Waals surface area contributed by atoms with Gasteiger partial charge in [0.05, 0.1) is 52.7 Å². The number of aromatic amines is 2. The van der Waals surface area contributed by atoms with Gasteiger partial charge in [0.1, 0.15) is 16.9 Å². The summed E-state index contributed by atoms with van der Waals surface area (Å²) in [4.78, 5) is 24.9. The number of hydrogen-bond acceptors (Lipinski definition) is 6. The molecule has 6 heterocycles. The quantitative estimate of drug-likeness (QED) is 0.445. The van der Waals surface area contributed by atoms with Crippen molar-refractivity contribution in [3.8, 4) is 28.5 Å². The third kappa shape index (κ3) is 2.69. The normalized spacial score (nSPS) is 11.6. The number of H-pyrrole nitrogens is 2. The summed E-state index contributed by atoms with van der Waals surface area (Å²) >= 11 is 0. The molecule has 10 heteroatoms. The van der Waals surface area contributed by atoms with Crippen LogP contribution in [0.5, 0.6) is 0 Å². The molecule has 0 aliphatic rings. The van der Waals surface area contributed by atoms with Gasteiger partial charge in [-0.3, -0.25) is 20.1 Å². The Bertz CT molecular complexity index is 1630. The first kappa shape index (κ1) is 18.3. The molecule has 0 saturated heterocycles. The van der Waals surface area contributed by atoms with Crippen molar-refractivity contribution in [2.24, 2.45) is 0 Å². The number of rotatable bonds is 3. The number of halogens is 1. The molecule has 2 N–H and O–H groups in total. The van der Waals surface area contributed by atoms with Gasteiger partial charge in [0.2, 0.25) is 0 Å². The minimum atomic E-state index is -0.480. The lowest BCUT2D eigenvalue weighted by Gasteiger charge is -2.06. The van der Waals surface area contributed by atoms with Crippen LogP contribution >= 0.6 is 0 Å². The SMILES string of the molecule is Cc1cn(-c2cncc3[nH]c(-c4n[nH]c5cnc(-c6cnccc6C)c(F)c45)nc23)cn1. The molecule has 9 nitrogen and oxygen atoms in total. The van der Waals surface area contributed by atoms with Crippen LogP contribution < -0.4 is 0 Å². The third-order valence-corrected chi connectivity index (χ3v) is 5.43. The molecule has 32 heavy (non-hydrogen) atoms.